The van der Waals surface area contributed by atoms with Crippen molar-refractivity contribution in [3.63, 3.8) is 0 Å². The molecule has 0 fully saturated rings. The van der Waals surface area contributed by atoms with Crippen LogP contribution in [0.25, 0.3) is 0 Å². The van der Waals surface area contributed by atoms with Crippen LogP contribution in [-0.4, -0.2) is 19.0 Å². The minimum Gasteiger partial charge on any atom is -0.311 e. The summed E-state index contributed by atoms with van der Waals surface area (Å²) in [6.45, 7) is 6.82. The number of rotatable bonds is 5. The fourth-order valence-electron chi connectivity index (χ4n) is 3.00. The van der Waals surface area contributed by atoms with Crippen molar-refractivity contribution >= 4 is 11.6 Å². The first-order valence-electron chi connectivity index (χ1n) is 7.87. The first kappa shape index (κ1) is 15.0. The molecule has 1 aromatic carbocycles. The zero-order valence-corrected chi connectivity index (χ0v) is 12.7. The molecule has 0 bridgehead atoms. The molecule has 1 aliphatic heterocycles. The van der Waals surface area contributed by atoms with E-state index < -0.39 is 0 Å². The summed E-state index contributed by atoms with van der Waals surface area (Å²) in [6, 6.07) is 8.26. The van der Waals surface area contributed by atoms with Gasteiger partial charge >= 0.3 is 0 Å². The Bertz CT molecular complexity index is 438. The van der Waals surface area contributed by atoms with Gasteiger partial charge in [-0.1, -0.05) is 44.9 Å². The van der Waals surface area contributed by atoms with Crippen molar-refractivity contribution in [3.8, 4) is 0 Å². The molecule has 20 heavy (non-hydrogen) atoms. The van der Waals surface area contributed by atoms with Crippen LogP contribution in [0.1, 0.15) is 45.1 Å². The van der Waals surface area contributed by atoms with Gasteiger partial charge in [0.05, 0.1) is 0 Å². The Labute approximate surface area is 122 Å². The van der Waals surface area contributed by atoms with Gasteiger partial charge in [-0.05, 0) is 24.5 Å². The molecular formula is C17H26N2O. The van der Waals surface area contributed by atoms with E-state index in [1.165, 1.54) is 5.56 Å². The van der Waals surface area contributed by atoms with Crippen molar-refractivity contribution < 1.29 is 4.79 Å². The minimum absolute atomic E-state index is 0.177. The summed E-state index contributed by atoms with van der Waals surface area (Å²) in [7, 11) is 0. The van der Waals surface area contributed by atoms with Gasteiger partial charge in [0.15, 0.2) is 0 Å². The Morgan fingerprint density at radius 1 is 1.25 bits per heavy atom. The Morgan fingerprint density at radius 2 is 1.95 bits per heavy atom. The number of amides is 1. The standard InChI is InChI=1S/C17H26N2O/c1-3-7-14(8-4-2)17(20)19-12-11-18-13-15-9-5-6-10-16(15)19/h5-6,9-10,14,18H,3-4,7-8,11-13H2,1-2H3. The number of anilines is 1. The molecule has 0 aromatic heterocycles. The topological polar surface area (TPSA) is 32.3 Å². The number of fused-ring (bicyclic) bond motifs is 1. The number of para-hydroxylation sites is 1. The summed E-state index contributed by atoms with van der Waals surface area (Å²) in [5, 5.41) is 3.40. The molecule has 1 amide bonds. The van der Waals surface area contributed by atoms with E-state index in [9.17, 15) is 4.79 Å². The summed E-state index contributed by atoms with van der Waals surface area (Å²) in [5.41, 5.74) is 2.32. The highest BCUT2D eigenvalue weighted by Gasteiger charge is 2.26. The first-order chi connectivity index (χ1) is 9.77. The Balaban J connectivity index is 2.23. The quantitative estimate of drug-likeness (QED) is 0.893. The summed E-state index contributed by atoms with van der Waals surface area (Å²) >= 11 is 0. The van der Waals surface area contributed by atoms with E-state index in [2.05, 4.69) is 31.3 Å². The van der Waals surface area contributed by atoms with Gasteiger partial charge in [-0.15, -0.1) is 0 Å². The molecule has 1 N–H and O–H groups in total. The van der Waals surface area contributed by atoms with Gasteiger partial charge in [0.25, 0.3) is 0 Å². The maximum Gasteiger partial charge on any atom is 0.230 e. The number of benzene rings is 1. The van der Waals surface area contributed by atoms with E-state index in [0.717, 1.165) is 51.0 Å². The molecule has 0 atom stereocenters. The molecule has 110 valence electrons. The molecule has 0 spiro atoms. The van der Waals surface area contributed by atoms with Gasteiger partial charge in [-0.3, -0.25) is 4.79 Å². The third-order valence-electron chi connectivity index (χ3n) is 4.00. The van der Waals surface area contributed by atoms with Crippen molar-refractivity contribution in [3.05, 3.63) is 29.8 Å². The summed E-state index contributed by atoms with van der Waals surface area (Å²) in [6.07, 6.45) is 4.14. The lowest BCUT2D eigenvalue weighted by Crippen LogP contribution is -2.39. The lowest BCUT2D eigenvalue weighted by Gasteiger charge is -2.27. The Morgan fingerprint density at radius 3 is 2.65 bits per heavy atom. The van der Waals surface area contributed by atoms with Crippen LogP contribution in [-0.2, 0) is 11.3 Å². The molecule has 2 rings (SSSR count). The Kier molecular flexibility index (Phi) is 5.60. The lowest BCUT2D eigenvalue weighted by atomic mass is 9.96. The number of carbonyl (C=O) groups is 1. The third kappa shape index (κ3) is 3.40. The Hall–Kier alpha value is -1.35. The van der Waals surface area contributed by atoms with E-state index in [1.54, 1.807) is 0 Å². The van der Waals surface area contributed by atoms with Crippen molar-refractivity contribution in [1.82, 2.24) is 5.32 Å². The van der Waals surface area contributed by atoms with Gasteiger partial charge < -0.3 is 10.2 Å². The molecule has 3 nitrogen and oxygen atoms in total. The first-order valence-corrected chi connectivity index (χ1v) is 7.87. The molecule has 1 aliphatic rings. The minimum atomic E-state index is 0.177. The molecule has 3 heteroatoms. The molecule has 0 saturated carbocycles. The second kappa shape index (κ2) is 7.44. The van der Waals surface area contributed by atoms with Crippen molar-refractivity contribution in [2.45, 2.75) is 46.1 Å². The fourth-order valence-corrected chi connectivity index (χ4v) is 3.00. The molecule has 0 saturated heterocycles. The fraction of sp³-hybridized carbons (Fsp3) is 0.588. The van der Waals surface area contributed by atoms with E-state index in [-0.39, 0.29) is 5.92 Å². The molecule has 0 radical (unpaired) electrons. The monoisotopic (exact) mass is 274 g/mol. The zero-order valence-electron chi connectivity index (χ0n) is 12.7. The second-order valence-corrected chi connectivity index (χ2v) is 5.57. The molecule has 0 aliphatic carbocycles. The number of nitrogens with zero attached hydrogens (tertiary/aromatic N) is 1. The van der Waals surface area contributed by atoms with Gasteiger partial charge in [-0.2, -0.15) is 0 Å². The summed E-state index contributed by atoms with van der Waals surface area (Å²) < 4.78 is 0. The van der Waals surface area contributed by atoms with Crippen LogP contribution in [0.2, 0.25) is 0 Å². The maximum atomic E-state index is 12.9. The third-order valence-corrected chi connectivity index (χ3v) is 4.00. The summed E-state index contributed by atoms with van der Waals surface area (Å²) in [4.78, 5) is 14.9. The smallest absolute Gasteiger partial charge is 0.230 e. The number of carbonyl (C=O) groups excluding carboxylic acids is 1. The lowest BCUT2D eigenvalue weighted by molar-refractivity contribution is -0.122. The van der Waals surface area contributed by atoms with Crippen molar-refractivity contribution in [1.29, 1.82) is 0 Å². The van der Waals surface area contributed by atoms with Crippen LogP contribution < -0.4 is 10.2 Å². The van der Waals surface area contributed by atoms with Crippen LogP contribution in [0.4, 0.5) is 5.69 Å². The molecule has 1 heterocycles. The highest BCUT2D eigenvalue weighted by molar-refractivity contribution is 5.95. The normalized spacial score (nSPS) is 15.1. The van der Waals surface area contributed by atoms with Crippen LogP contribution >= 0.6 is 0 Å². The second-order valence-electron chi connectivity index (χ2n) is 5.57. The molecule has 0 unspecified atom stereocenters. The zero-order chi connectivity index (χ0) is 14.4. The van der Waals surface area contributed by atoms with Crippen molar-refractivity contribution in [2.24, 2.45) is 5.92 Å². The number of hydrogen-bond donors (Lipinski definition) is 1. The van der Waals surface area contributed by atoms with Crippen molar-refractivity contribution in [2.75, 3.05) is 18.0 Å². The number of hydrogen-bond acceptors (Lipinski definition) is 2. The highest BCUT2D eigenvalue weighted by atomic mass is 16.2. The summed E-state index contributed by atoms with van der Waals surface area (Å²) in [5.74, 6) is 0.487. The number of nitrogens with one attached hydrogen (secondary N) is 1. The van der Waals surface area contributed by atoms with Crippen LogP contribution in [0.5, 0.6) is 0 Å². The SMILES string of the molecule is CCCC(CCC)C(=O)N1CCNCc2ccccc21. The predicted octanol–water partition coefficient (Wildman–Crippen LogP) is 3.34. The maximum absolute atomic E-state index is 12.9. The highest BCUT2D eigenvalue weighted by Crippen LogP contribution is 2.26. The van der Waals surface area contributed by atoms with Crippen LogP contribution in [0.15, 0.2) is 24.3 Å². The van der Waals surface area contributed by atoms with Gasteiger partial charge in [0, 0.05) is 31.2 Å². The van der Waals surface area contributed by atoms with Crippen LogP contribution in [0.3, 0.4) is 0 Å². The van der Waals surface area contributed by atoms with Gasteiger partial charge in [0.1, 0.15) is 0 Å². The van der Waals surface area contributed by atoms with E-state index in [4.69, 9.17) is 0 Å². The average Bonchev–Trinajstić information content (AvgIpc) is 2.68. The van der Waals surface area contributed by atoms with E-state index >= 15 is 0 Å². The van der Waals surface area contributed by atoms with Crippen LogP contribution in [0, 0.1) is 5.92 Å². The molecular weight excluding hydrogens is 248 g/mol. The largest absolute Gasteiger partial charge is 0.311 e. The van der Waals surface area contributed by atoms with E-state index in [0.29, 0.717) is 5.91 Å². The van der Waals surface area contributed by atoms with E-state index in [1.807, 2.05) is 17.0 Å². The molecule has 1 aromatic rings. The van der Waals surface area contributed by atoms with Gasteiger partial charge in [-0.25, -0.2) is 0 Å². The predicted molar refractivity (Wildman–Crippen MR) is 83.8 cm³/mol. The average molecular weight is 274 g/mol. The van der Waals surface area contributed by atoms with Gasteiger partial charge in [0.2, 0.25) is 5.91 Å².